The molecule has 0 radical (unpaired) electrons. The smallest absolute Gasteiger partial charge is 0.125 e. The first-order valence-corrected chi connectivity index (χ1v) is 6.37. The van der Waals surface area contributed by atoms with Gasteiger partial charge in [0.1, 0.15) is 18.1 Å². The molecule has 3 nitrogen and oxygen atoms in total. The molecule has 0 spiro atoms. The maximum Gasteiger partial charge on any atom is 0.125 e. The van der Waals surface area contributed by atoms with E-state index in [1.165, 1.54) is 0 Å². The minimum absolute atomic E-state index is 0. The van der Waals surface area contributed by atoms with Gasteiger partial charge in [-0.05, 0) is 19.4 Å². The van der Waals surface area contributed by atoms with Crippen LogP contribution in [0.1, 0.15) is 19.4 Å². The van der Waals surface area contributed by atoms with E-state index in [-0.39, 0.29) is 18.5 Å². The lowest BCUT2D eigenvalue weighted by Gasteiger charge is -2.13. The third kappa shape index (κ3) is 5.02. The van der Waals surface area contributed by atoms with E-state index < -0.39 is 0 Å². The number of halogens is 1. The summed E-state index contributed by atoms with van der Waals surface area (Å²) in [7, 11) is 0. The predicted octanol–water partition coefficient (Wildman–Crippen LogP) is 4.06. The van der Waals surface area contributed by atoms with Gasteiger partial charge in [-0.2, -0.15) is 0 Å². The summed E-state index contributed by atoms with van der Waals surface area (Å²) in [4.78, 5) is 0. The molecule has 20 heavy (non-hydrogen) atoms. The van der Waals surface area contributed by atoms with Crippen LogP contribution in [-0.4, -0.2) is 6.10 Å². The standard InChI is InChI=1S/C16H19NO2.ClH/c1-12(2)19-16-9-14(17)8-15(10-16)18-11-13-6-4-3-5-7-13;/h3-10,12H,11,17H2,1-2H3;1H. The van der Waals surface area contributed by atoms with Crippen LogP contribution in [0.4, 0.5) is 5.69 Å². The quantitative estimate of drug-likeness (QED) is 0.846. The van der Waals surface area contributed by atoms with Crippen LogP contribution in [0.2, 0.25) is 0 Å². The number of nitrogens with two attached hydrogens (primary N) is 1. The molecule has 0 saturated carbocycles. The van der Waals surface area contributed by atoms with Crippen LogP contribution in [0.3, 0.4) is 0 Å². The molecular weight excluding hydrogens is 274 g/mol. The average molecular weight is 294 g/mol. The molecule has 0 unspecified atom stereocenters. The molecule has 108 valence electrons. The van der Waals surface area contributed by atoms with E-state index >= 15 is 0 Å². The van der Waals surface area contributed by atoms with Crippen molar-refractivity contribution in [2.24, 2.45) is 0 Å². The molecule has 0 aliphatic heterocycles. The lowest BCUT2D eigenvalue weighted by molar-refractivity contribution is 0.239. The second-order valence-electron chi connectivity index (χ2n) is 4.68. The van der Waals surface area contributed by atoms with E-state index in [2.05, 4.69) is 0 Å². The molecule has 0 amide bonds. The van der Waals surface area contributed by atoms with Gasteiger partial charge >= 0.3 is 0 Å². The molecule has 0 saturated heterocycles. The van der Waals surface area contributed by atoms with E-state index in [1.54, 1.807) is 12.1 Å². The Labute approximate surface area is 126 Å². The van der Waals surface area contributed by atoms with Crippen molar-refractivity contribution in [3.63, 3.8) is 0 Å². The highest BCUT2D eigenvalue weighted by atomic mass is 35.5. The molecule has 2 aromatic carbocycles. The first kappa shape index (κ1) is 16.2. The van der Waals surface area contributed by atoms with Crippen molar-refractivity contribution in [1.82, 2.24) is 0 Å². The zero-order valence-corrected chi connectivity index (χ0v) is 12.5. The zero-order valence-electron chi connectivity index (χ0n) is 11.7. The van der Waals surface area contributed by atoms with Gasteiger partial charge in [0.05, 0.1) is 6.10 Å². The molecule has 0 aliphatic carbocycles. The molecule has 0 atom stereocenters. The van der Waals surface area contributed by atoms with Crippen LogP contribution in [0.15, 0.2) is 48.5 Å². The third-order valence-electron chi connectivity index (χ3n) is 2.52. The number of anilines is 1. The van der Waals surface area contributed by atoms with Gasteiger partial charge in [-0.25, -0.2) is 0 Å². The zero-order chi connectivity index (χ0) is 13.7. The van der Waals surface area contributed by atoms with Gasteiger partial charge in [0.25, 0.3) is 0 Å². The molecular formula is C16H20ClNO2. The molecule has 0 aromatic heterocycles. The van der Waals surface area contributed by atoms with Crippen molar-refractivity contribution >= 4 is 18.1 Å². The number of ether oxygens (including phenoxy) is 2. The van der Waals surface area contributed by atoms with Crippen molar-refractivity contribution in [2.75, 3.05) is 5.73 Å². The van der Waals surface area contributed by atoms with Crippen LogP contribution in [-0.2, 0) is 6.61 Å². The fourth-order valence-corrected chi connectivity index (χ4v) is 1.76. The average Bonchev–Trinajstić information content (AvgIpc) is 2.36. The molecule has 0 fully saturated rings. The Balaban J connectivity index is 0.00000200. The van der Waals surface area contributed by atoms with E-state index in [0.29, 0.717) is 12.3 Å². The minimum atomic E-state index is 0. The lowest BCUT2D eigenvalue weighted by Crippen LogP contribution is -2.06. The molecule has 0 bridgehead atoms. The summed E-state index contributed by atoms with van der Waals surface area (Å²) in [6.07, 6.45) is 0.115. The third-order valence-corrected chi connectivity index (χ3v) is 2.52. The summed E-state index contributed by atoms with van der Waals surface area (Å²) in [5.74, 6) is 1.46. The summed E-state index contributed by atoms with van der Waals surface area (Å²) in [5.41, 5.74) is 7.61. The van der Waals surface area contributed by atoms with E-state index in [1.807, 2.05) is 50.2 Å². The number of nitrogen functional groups attached to an aromatic ring is 1. The highest BCUT2D eigenvalue weighted by Crippen LogP contribution is 2.25. The summed E-state index contributed by atoms with van der Waals surface area (Å²) >= 11 is 0. The number of hydrogen-bond acceptors (Lipinski definition) is 3. The summed E-state index contributed by atoms with van der Waals surface area (Å²) < 4.78 is 11.4. The fourth-order valence-electron chi connectivity index (χ4n) is 1.76. The van der Waals surface area contributed by atoms with Crippen LogP contribution in [0.5, 0.6) is 11.5 Å². The highest BCUT2D eigenvalue weighted by molar-refractivity contribution is 5.85. The molecule has 2 aromatic rings. The SMILES string of the molecule is CC(C)Oc1cc(N)cc(OCc2ccccc2)c1.Cl. The second-order valence-corrected chi connectivity index (χ2v) is 4.68. The highest BCUT2D eigenvalue weighted by Gasteiger charge is 2.03. The van der Waals surface area contributed by atoms with Gasteiger partial charge in [0.15, 0.2) is 0 Å². The van der Waals surface area contributed by atoms with E-state index in [4.69, 9.17) is 15.2 Å². The van der Waals surface area contributed by atoms with Gasteiger partial charge in [0, 0.05) is 23.9 Å². The van der Waals surface area contributed by atoms with E-state index in [0.717, 1.165) is 17.1 Å². The molecule has 0 aliphatic rings. The molecule has 2 rings (SSSR count). The van der Waals surface area contributed by atoms with Gasteiger partial charge in [-0.1, -0.05) is 30.3 Å². The van der Waals surface area contributed by atoms with Crippen molar-refractivity contribution in [2.45, 2.75) is 26.6 Å². The summed E-state index contributed by atoms with van der Waals surface area (Å²) in [5, 5.41) is 0. The van der Waals surface area contributed by atoms with Gasteiger partial charge in [-0.3, -0.25) is 0 Å². The molecule has 2 N–H and O–H groups in total. The lowest BCUT2D eigenvalue weighted by atomic mass is 10.2. The van der Waals surface area contributed by atoms with Crippen LogP contribution in [0, 0.1) is 0 Å². The van der Waals surface area contributed by atoms with Crippen LogP contribution >= 0.6 is 12.4 Å². The van der Waals surface area contributed by atoms with E-state index in [9.17, 15) is 0 Å². The van der Waals surface area contributed by atoms with Crippen molar-refractivity contribution in [3.8, 4) is 11.5 Å². The monoisotopic (exact) mass is 293 g/mol. The molecule has 4 heteroatoms. The maximum atomic E-state index is 5.84. The van der Waals surface area contributed by atoms with Crippen molar-refractivity contribution < 1.29 is 9.47 Å². The Kier molecular flexibility index (Phi) is 6.19. The second kappa shape index (κ2) is 7.65. The number of rotatable bonds is 5. The van der Waals surface area contributed by atoms with Gasteiger partial charge in [0.2, 0.25) is 0 Å². The Hall–Kier alpha value is -1.87. The van der Waals surface area contributed by atoms with Gasteiger partial charge < -0.3 is 15.2 Å². The number of hydrogen-bond donors (Lipinski definition) is 1. The Morgan fingerprint density at radius 1 is 1.00 bits per heavy atom. The summed E-state index contributed by atoms with van der Waals surface area (Å²) in [6.45, 7) is 4.48. The van der Waals surface area contributed by atoms with Crippen LogP contribution in [0.25, 0.3) is 0 Å². The molecule has 0 heterocycles. The topological polar surface area (TPSA) is 44.5 Å². The largest absolute Gasteiger partial charge is 0.491 e. The van der Waals surface area contributed by atoms with Crippen molar-refractivity contribution in [1.29, 1.82) is 0 Å². The summed E-state index contributed by atoms with van der Waals surface area (Å²) in [6, 6.07) is 15.5. The Bertz CT molecular complexity index is 529. The van der Waals surface area contributed by atoms with Gasteiger partial charge in [-0.15, -0.1) is 12.4 Å². The Morgan fingerprint density at radius 3 is 2.30 bits per heavy atom. The first-order valence-electron chi connectivity index (χ1n) is 6.37. The van der Waals surface area contributed by atoms with Crippen LogP contribution < -0.4 is 15.2 Å². The predicted molar refractivity (Wildman–Crippen MR) is 84.6 cm³/mol. The Morgan fingerprint density at radius 2 is 1.65 bits per heavy atom. The fraction of sp³-hybridized carbons (Fsp3) is 0.250. The minimum Gasteiger partial charge on any atom is -0.491 e. The number of benzene rings is 2. The normalized spacial score (nSPS) is 9.95. The maximum absolute atomic E-state index is 5.84. The first-order chi connectivity index (χ1) is 9.13. The van der Waals surface area contributed by atoms with Crippen molar-refractivity contribution in [3.05, 3.63) is 54.1 Å².